The van der Waals surface area contributed by atoms with Gasteiger partial charge in [-0.1, -0.05) is 41.7 Å². The molecule has 0 aromatic heterocycles. The second-order valence-electron chi connectivity index (χ2n) is 3.66. The molecule has 0 saturated heterocycles. The van der Waals surface area contributed by atoms with E-state index in [2.05, 4.69) is 12.2 Å². The molecule has 0 amide bonds. The normalized spacial score (nSPS) is 10.8. The van der Waals surface area contributed by atoms with Crippen molar-refractivity contribution in [2.45, 2.75) is 26.2 Å². The van der Waals surface area contributed by atoms with Crippen LogP contribution in [0.1, 0.15) is 25.3 Å². The molecule has 0 aliphatic rings. The second kappa shape index (κ2) is 7.39. The van der Waals surface area contributed by atoms with E-state index in [-0.39, 0.29) is 0 Å². The molecule has 0 fully saturated rings. The van der Waals surface area contributed by atoms with Crippen LogP contribution in [0.25, 0.3) is 0 Å². The lowest BCUT2D eigenvalue weighted by Gasteiger charge is -2.07. The van der Waals surface area contributed by atoms with Crippen molar-refractivity contribution in [1.29, 1.82) is 0 Å². The summed E-state index contributed by atoms with van der Waals surface area (Å²) < 4.78 is 0. The molecule has 16 heavy (non-hydrogen) atoms. The highest BCUT2D eigenvalue weighted by atomic mass is 35.5. The molecular weight excluding hydrogens is 264 g/mol. The molecule has 0 heterocycles. The van der Waals surface area contributed by atoms with Crippen molar-refractivity contribution in [2.24, 2.45) is 0 Å². The fraction of sp³-hybridized carbons (Fsp3) is 0.500. The summed E-state index contributed by atoms with van der Waals surface area (Å²) in [5, 5.41) is 5.21. The van der Waals surface area contributed by atoms with Crippen LogP contribution in [-0.2, 0) is 6.42 Å². The fourth-order valence-corrected chi connectivity index (χ4v) is 2.55. The van der Waals surface area contributed by atoms with Crippen LogP contribution in [-0.4, -0.2) is 13.1 Å². The molecule has 0 radical (unpaired) electrons. The van der Waals surface area contributed by atoms with Gasteiger partial charge in [-0.2, -0.15) is 0 Å². The van der Waals surface area contributed by atoms with E-state index in [1.54, 1.807) is 12.1 Å². The third kappa shape index (κ3) is 4.50. The smallest absolute Gasteiger partial charge is 0.0467 e. The van der Waals surface area contributed by atoms with Crippen LogP contribution in [0.4, 0.5) is 0 Å². The number of hydrogen-bond donors (Lipinski definition) is 1. The van der Waals surface area contributed by atoms with E-state index in [0.29, 0.717) is 15.1 Å². The van der Waals surface area contributed by atoms with Crippen LogP contribution >= 0.6 is 34.8 Å². The summed E-state index contributed by atoms with van der Waals surface area (Å²) in [5.41, 5.74) is 1.00. The quantitative estimate of drug-likeness (QED) is 0.752. The molecule has 0 saturated carbocycles. The zero-order valence-corrected chi connectivity index (χ0v) is 11.6. The number of hydrogen-bond acceptors (Lipinski definition) is 1. The standard InChI is InChI=1S/C12H16Cl3N/c1-2-16-6-4-3-5-10-11(14)7-9(13)8-12(10)15/h7-8,16H,2-6H2,1H3. The monoisotopic (exact) mass is 279 g/mol. The largest absolute Gasteiger partial charge is 0.317 e. The Labute approximate surface area is 112 Å². The second-order valence-corrected chi connectivity index (χ2v) is 4.91. The predicted octanol–water partition coefficient (Wildman–Crippen LogP) is 4.58. The van der Waals surface area contributed by atoms with Crippen LogP contribution in [0.3, 0.4) is 0 Å². The molecule has 1 N–H and O–H groups in total. The first-order valence-electron chi connectivity index (χ1n) is 5.49. The van der Waals surface area contributed by atoms with E-state index >= 15 is 0 Å². The summed E-state index contributed by atoms with van der Waals surface area (Å²) in [6.07, 6.45) is 3.11. The van der Waals surface area contributed by atoms with Crippen molar-refractivity contribution in [3.05, 3.63) is 32.8 Å². The van der Waals surface area contributed by atoms with Gasteiger partial charge in [-0.3, -0.25) is 0 Å². The average molecular weight is 281 g/mol. The maximum Gasteiger partial charge on any atom is 0.0467 e. The minimum Gasteiger partial charge on any atom is -0.317 e. The Hall–Kier alpha value is 0.0500. The van der Waals surface area contributed by atoms with E-state index in [0.717, 1.165) is 37.9 Å². The van der Waals surface area contributed by atoms with E-state index in [1.165, 1.54) is 0 Å². The first kappa shape index (κ1) is 14.1. The lowest BCUT2D eigenvalue weighted by atomic mass is 10.1. The van der Waals surface area contributed by atoms with Crippen molar-refractivity contribution >= 4 is 34.8 Å². The molecule has 0 bridgehead atoms. The molecule has 0 atom stereocenters. The first-order valence-corrected chi connectivity index (χ1v) is 6.62. The van der Waals surface area contributed by atoms with Crippen LogP contribution < -0.4 is 5.32 Å². The molecule has 4 heteroatoms. The summed E-state index contributed by atoms with van der Waals surface area (Å²) in [7, 11) is 0. The van der Waals surface area contributed by atoms with E-state index in [9.17, 15) is 0 Å². The van der Waals surface area contributed by atoms with Crippen molar-refractivity contribution in [1.82, 2.24) is 5.32 Å². The summed E-state index contributed by atoms with van der Waals surface area (Å²) in [6, 6.07) is 3.49. The number of nitrogens with one attached hydrogen (secondary N) is 1. The molecule has 1 nitrogen and oxygen atoms in total. The zero-order chi connectivity index (χ0) is 12.0. The van der Waals surface area contributed by atoms with Crippen LogP contribution in [0.15, 0.2) is 12.1 Å². The highest BCUT2D eigenvalue weighted by Gasteiger charge is 2.07. The van der Waals surface area contributed by atoms with Crippen molar-refractivity contribution in [2.75, 3.05) is 13.1 Å². The Kier molecular flexibility index (Phi) is 6.52. The van der Waals surface area contributed by atoms with Gasteiger partial charge in [0.2, 0.25) is 0 Å². The van der Waals surface area contributed by atoms with Gasteiger partial charge < -0.3 is 5.32 Å². The van der Waals surface area contributed by atoms with E-state index < -0.39 is 0 Å². The average Bonchev–Trinajstić information content (AvgIpc) is 2.20. The molecule has 0 aliphatic carbocycles. The van der Waals surface area contributed by atoms with Gasteiger partial charge in [-0.15, -0.1) is 0 Å². The summed E-state index contributed by atoms with van der Waals surface area (Å²) in [4.78, 5) is 0. The van der Waals surface area contributed by atoms with Gasteiger partial charge in [0.25, 0.3) is 0 Å². The summed E-state index contributed by atoms with van der Waals surface area (Å²) in [5.74, 6) is 0. The van der Waals surface area contributed by atoms with Gasteiger partial charge >= 0.3 is 0 Å². The van der Waals surface area contributed by atoms with Gasteiger partial charge in [0.05, 0.1) is 0 Å². The van der Waals surface area contributed by atoms with Crippen molar-refractivity contribution < 1.29 is 0 Å². The SMILES string of the molecule is CCNCCCCc1c(Cl)cc(Cl)cc1Cl. The number of rotatable bonds is 6. The summed E-state index contributed by atoms with van der Waals surface area (Å²) in [6.45, 7) is 4.16. The van der Waals surface area contributed by atoms with Gasteiger partial charge in [0, 0.05) is 15.1 Å². The number of unbranched alkanes of at least 4 members (excludes halogenated alkanes) is 1. The lowest BCUT2D eigenvalue weighted by Crippen LogP contribution is -2.13. The van der Waals surface area contributed by atoms with Gasteiger partial charge in [0.15, 0.2) is 0 Å². The highest BCUT2D eigenvalue weighted by molar-refractivity contribution is 6.39. The number of benzene rings is 1. The van der Waals surface area contributed by atoms with Crippen molar-refractivity contribution in [3.8, 4) is 0 Å². The van der Waals surface area contributed by atoms with Crippen LogP contribution in [0, 0.1) is 0 Å². The third-order valence-electron chi connectivity index (χ3n) is 2.39. The Morgan fingerprint density at radius 1 is 1.06 bits per heavy atom. The van der Waals surface area contributed by atoms with E-state index in [1.807, 2.05) is 0 Å². The lowest BCUT2D eigenvalue weighted by molar-refractivity contribution is 0.641. The number of halogens is 3. The Morgan fingerprint density at radius 3 is 2.25 bits per heavy atom. The predicted molar refractivity (Wildman–Crippen MR) is 73.0 cm³/mol. The molecule has 0 spiro atoms. The fourth-order valence-electron chi connectivity index (χ4n) is 1.54. The maximum absolute atomic E-state index is 6.09. The molecule has 1 aromatic rings. The Bertz CT molecular complexity index is 316. The van der Waals surface area contributed by atoms with Gasteiger partial charge in [-0.05, 0) is 50.0 Å². The molecule has 0 unspecified atom stereocenters. The minimum atomic E-state index is 0.589. The third-order valence-corrected chi connectivity index (χ3v) is 3.28. The first-order chi connectivity index (χ1) is 7.65. The minimum absolute atomic E-state index is 0.589. The Morgan fingerprint density at radius 2 is 1.69 bits per heavy atom. The molecule has 90 valence electrons. The highest BCUT2D eigenvalue weighted by Crippen LogP contribution is 2.30. The molecule has 1 aromatic carbocycles. The van der Waals surface area contributed by atoms with Crippen LogP contribution in [0.5, 0.6) is 0 Å². The zero-order valence-electron chi connectivity index (χ0n) is 9.32. The summed E-state index contributed by atoms with van der Waals surface area (Å²) >= 11 is 18.0. The van der Waals surface area contributed by atoms with E-state index in [4.69, 9.17) is 34.8 Å². The van der Waals surface area contributed by atoms with Crippen LogP contribution in [0.2, 0.25) is 15.1 Å². The topological polar surface area (TPSA) is 12.0 Å². The van der Waals surface area contributed by atoms with Gasteiger partial charge in [-0.25, -0.2) is 0 Å². The molecular formula is C12H16Cl3N. The van der Waals surface area contributed by atoms with Crippen molar-refractivity contribution in [3.63, 3.8) is 0 Å². The maximum atomic E-state index is 6.09. The van der Waals surface area contributed by atoms with Gasteiger partial charge in [0.1, 0.15) is 0 Å². The molecule has 0 aliphatic heterocycles. The molecule has 1 rings (SSSR count). The Balaban J connectivity index is 2.47.